The van der Waals surface area contributed by atoms with E-state index in [1.165, 1.54) is 0 Å². The van der Waals surface area contributed by atoms with Gasteiger partial charge in [-0.05, 0) is 24.6 Å². The van der Waals surface area contributed by atoms with Gasteiger partial charge in [0.25, 0.3) is 5.89 Å². The van der Waals surface area contributed by atoms with Gasteiger partial charge in [-0.2, -0.15) is 4.98 Å². The Morgan fingerprint density at radius 1 is 1.44 bits per heavy atom. The summed E-state index contributed by atoms with van der Waals surface area (Å²) in [6.45, 7) is 1.71. The molecule has 5 nitrogen and oxygen atoms in total. The van der Waals surface area contributed by atoms with E-state index in [0.29, 0.717) is 11.6 Å². The summed E-state index contributed by atoms with van der Waals surface area (Å²) < 4.78 is 10.1. The minimum absolute atomic E-state index is 0.192. The lowest BCUT2D eigenvalue weighted by Crippen LogP contribution is -1.90. The summed E-state index contributed by atoms with van der Waals surface area (Å²) in [6, 6.07) is 5.69. The van der Waals surface area contributed by atoms with Gasteiger partial charge in [-0.1, -0.05) is 11.2 Å². The van der Waals surface area contributed by atoms with Crippen molar-refractivity contribution in [2.75, 3.05) is 7.11 Å². The monoisotopic (exact) mass is 220 g/mol. The SMILES string of the molecule is COc1cc(C)ccc1-c1noc(CO)n1. The van der Waals surface area contributed by atoms with Gasteiger partial charge in [-0.15, -0.1) is 0 Å². The summed E-state index contributed by atoms with van der Waals surface area (Å²) in [5, 5.41) is 12.6. The van der Waals surface area contributed by atoms with Crippen molar-refractivity contribution in [3.63, 3.8) is 0 Å². The van der Waals surface area contributed by atoms with Crippen molar-refractivity contribution >= 4 is 0 Å². The largest absolute Gasteiger partial charge is 0.496 e. The van der Waals surface area contributed by atoms with Crippen molar-refractivity contribution < 1.29 is 14.4 Å². The molecule has 0 saturated carbocycles. The normalized spacial score (nSPS) is 10.4. The Balaban J connectivity index is 2.46. The number of aliphatic hydroxyl groups is 1. The lowest BCUT2D eigenvalue weighted by molar-refractivity contribution is 0.222. The molecule has 2 aromatic rings. The van der Waals surface area contributed by atoms with Gasteiger partial charge in [0.05, 0.1) is 12.7 Å². The van der Waals surface area contributed by atoms with E-state index in [2.05, 4.69) is 10.1 Å². The molecule has 0 bridgehead atoms. The molecule has 0 radical (unpaired) electrons. The third-order valence-corrected chi connectivity index (χ3v) is 2.20. The van der Waals surface area contributed by atoms with E-state index >= 15 is 0 Å². The minimum Gasteiger partial charge on any atom is -0.496 e. The smallest absolute Gasteiger partial charge is 0.252 e. The van der Waals surface area contributed by atoms with Gasteiger partial charge in [-0.25, -0.2) is 0 Å². The molecule has 1 aromatic carbocycles. The number of rotatable bonds is 3. The van der Waals surface area contributed by atoms with Crippen molar-refractivity contribution in [1.82, 2.24) is 10.1 Å². The van der Waals surface area contributed by atoms with Gasteiger partial charge in [-0.3, -0.25) is 0 Å². The first-order chi connectivity index (χ1) is 7.74. The molecule has 0 unspecified atom stereocenters. The van der Waals surface area contributed by atoms with E-state index < -0.39 is 0 Å². The molecule has 0 fully saturated rings. The number of aliphatic hydroxyl groups excluding tert-OH is 1. The second kappa shape index (κ2) is 4.32. The molecule has 16 heavy (non-hydrogen) atoms. The highest BCUT2D eigenvalue weighted by Gasteiger charge is 2.12. The Labute approximate surface area is 92.7 Å². The maximum atomic E-state index is 8.84. The van der Waals surface area contributed by atoms with Crippen molar-refractivity contribution in [1.29, 1.82) is 0 Å². The van der Waals surface area contributed by atoms with Gasteiger partial charge in [0.1, 0.15) is 12.4 Å². The van der Waals surface area contributed by atoms with Crippen molar-refractivity contribution in [2.24, 2.45) is 0 Å². The van der Waals surface area contributed by atoms with Gasteiger partial charge in [0.15, 0.2) is 0 Å². The zero-order valence-corrected chi connectivity index (χ0v) is 9.10. The van der Waals surface area contributed by atoms with Crippen molar-refractivity contribution in [3.8, 4) is 17.1 Å². The van der Waals surface area contributed by atoms with Crippen LogP contribution in [0.2, 0.25) is 0 Å². The zero-order valence-electron chi connectivity index (χ0n) is 9.10. The summed E-state index contributed by atoms with van der Waals surface area (Å²) >= 11 is 0. The summed E-state index contributed by atoms with van der Waals surface area (Å²) in [5.41, 5.74) is 1.84. The Hall–Kier alpha value is -1.88. The first-order valence-electron chi connectivity index (χ1n) is 4.83. The number of hydrogen-bond acceptors (Lipinski definition) is 5. The maximum absolute atomic E-state index is 8.84. The Morgan fingerprint density at radius 3 is 2.88 bits per heavy atom. The van der Waals surface area contributed by atoms with E-state index in [9.17, 15) is 0 Å². The summed E-state index contributed by atoms with van der Waals surface area (Å²) in [7, 11) is 1.59. The highest BCUT2D eigenvalue weighted by molar-refractivity contribution is 5.64. The molecule has 1 heterocycles. The van der Waals surface area contributed by atoms with Crippen LogP contribution in [-0.4, -0.2) is 22.4 Å². The highest BCUT2D eigenvalue weighted by atomic mass is 16.5. The second-order valence-corrected chi connectivity index (χ2v) is 3.37. The number of nitrogens with zero attached hydrogens (tertiary/aromatic N) is 2. The van der Waals surface area contributed by atoms with Crippen LogP contribution in [0.15, 0.2) is 22.7 Å². The minimum atomic E-state index is -0.263. The third-order valence-electron chi connectivity index (χ3n) is 2.20. The summed E-state index contributed by atoms with van der Waals surface area (Å²) in [4.78, 5) is 4.03. The number of ether oxygens (including phenoxy) is 1. The lowest BCUT2D eigenvalue weighted by atomic mass is 10.1. The lowest BCUT2D eigenvalue weighted by Gasteiger charge is -2.05. The predicted molar refractivity (Wildman–Crippen MR) is 56.9 cm³/mol. The zero-order chi connectivity index (χ0) is 11.5. The van der Waals surface area contributed by atoms with E-state index in [-0.39, 0.29) is 12.5 Å². The molecule has 5 heteroatoms. The van der Waals surface area contributed by atoms with Gasteiger partial charge < -0.3 is 14.4 Å². The van der Waals surface area contributed by atoms with Crippen LogP contribution in [0.1, 0.15) is 11.5 Å². The van der Waals surface area contributed by atoms with Crippen LogP contribution in [0, 0.1) is 6.92 Å². The quantitative estimate of drug-likeness (QED) is 0.849. The van der Waals surface area contributed by atoms with E-state index in [1.54, 1.807) is 7.11 Å². The number of methoxy groups -OCH3 is 1. The number of benzene rings is 1. The van der Waals surface area contributed by atoms with Crippen LogP contribution >= 0.6 is 0 Å². The average molecular weight is 220 g/mol. The molecule has 0 atom stereocenters. The van der Waals surface area contributed by atoms with E-state index in [4.69, 9.17) is 14.4 Å². The fourth-order valence-electron chi connectivity index (χ4n) is 1.41. The number of aromatic nitrogens is 2. The fourth-order valence-corrected chi connectivity index (χ4v) is 1.41. The average Bonchev–Trinajstić information content (AvgIpc) is 2.77. The maximum Gasteiger partial charge on any atom is 0.252 e. The molecule has 0 aliphatic carbocycles. The molecule has 0 aliphatic heterocycles. The molecule has 0 saturated heterocycles. The topological polar surface area (TPSA) is 68.4 Å². The van der Waals surface area contributed by atoms with Crippen molar-refractivity contribution in [2.45, 2.75) is 13.5 Å². The molecule has 2 rings (SSSR count). The summed E-state index contributed by atoms with van der Waals surface area (Å²) in [5.74, 6) is 1.30. The molecular formula is C11H12N2O3. The van der Waals surface area contributed by atoms with Gasteiger partial charge in [0, 0.05) is 0 Å². The van der Waals surface area contributed by atoms with Crippen LogP contribution < -0.4 is 4.74 Å². The standard InChI is InChI=1S/C11H12N2O3/c1-7-3-4-8(9(5-7)15-2)11-12-10(6-14)16-13-11/h3-5,14H,6H2,1-2H3. The molecule has 0 amide bonds. The predicted octanol–water partition coefficient (Wildman–Crippen LogP) is 1.55. The molecule has 1 aromatic heterocycles. The van der Waals surface area contributed by atoms with E-state index in [1.807, 2.05) is 25.1 Å². The molecular weight excluding hydrogens is 208 g/mol. The van der Waals surface area contributed by atoms with Crippen LogP contribution in [-0.2, 0) is 6.61 Å². The van der Waals surface area contributed by atoms with Crippen molar-refractivity contribution in [3.05, 3.63) is 29.7 Å². The first-order valence-corrected chi connectivity index (χ1v) is 4.83. The van der Waals surface area contributed by atoms with Crippen LogP contribution in [0.25, 0.3) is 11.4 Å². The van der Waals surface area contributed by atoms with E-state index in [0.717, 1.165) is 11.1 Å². The third kappa shape index (κ3) is 1.90. The molecule has 0 spiro atoms. The molecule has 0 aliphatic rings. The number of hydrogen-bond donors (Lipinski definition) is 1. The Bertz CT molecular complexity index is 494. The first kappa shape index (κ1) is 10.6. The Morgan fingerprint density at radius 2 is 2.25 bits per heavy atom. The van der Waals surface area contributed by atoms with Crippen LogP contribution in [0.4, 0.5) is 0 Å². The summed E-state index contributed by atoms with van der Waals surface area (Å²) in [6.07, 6.45) is 0. The highest BCUT2D eigenvalue weighted by Crippen LogP contribution is 2.28. The van der Waals surface area contributed by atoms with Crippen LogP contribution in [0.3, 0.4) is 0 Å². The molecule has 1 N–H and O–H groups in total. The fraction of sp³-hybridized carbons (Fsp3) is 0.273. The molecule has 84 valence electrons. The van der Waals surface area contributed by atoms with Gasteiger partial charge in [0.2, 0.25) is 5.82 Å². The second-order valence-electron chi connectivity index (χ2n) is 3.37. The Kier molecular flexibility index (Phi) is 2.87. The van der Waals surface area contributed by atoms with Crippen LogP contribution in [0.5, 0.6) is 5.75 Å². The number of aryl methyl sites for hydroxylation is 1. The van der Waals surface area contributed by atoms with Gasteiger partial charge >= 0.3 is 0 Å².